The first kappa shape index (κ1) is 14.0. The van der Waals surface area contributed by atoms with Crippen molar-refractivity contribution in [3.8, 4) is 0 Å². The van der Waals surface area contributed by atoms with Crippen molar-refractivity contribution in [1.82, 2.24) is 9.97 Å². The number of piperidine rings is 1. The lowest BCUT2D eigenvalue weighted by Gasteiger charge is -2.32. The van der Waals surface area contributed by atoms with Gasteiger partial charge in [-0.2, -0.15) is 4.98 Å². The van der Waals surface area contributed by atoms with Gasteiger partial charge >= 0.3 is 0 Å². The van der Waals surface area contributed by atoms with E-state index in [-0.39, 0.29) is 5.82 Å². The van der Waals surface area contributed by atoms with Gasteiger partial charge in [-0.1, -0.05) is 0 Å². The van der Waals surface area contributed by atoms with Crippen LogP contribution in [0, 0.1) is 5.82 Å². The van der Waals surface area contributed by atoms with E-state index in [1.807, 2.05) is 18.7 Å². The van der Waals surface area contributed by atoms with Crippen molar-refractivity contribution < 1.29 is 9.13 Å². The summed E-state index contributed by atoms with van der Waals surface area (Å²) in [5, 5.41) is 3.00. The quantitative estimate of drug-likeness (QED) is 0.885. The Morgan fingerprint density at radius 3 is 2.79 bits per heavy atom. The van der Waals surface area contributed by atoms with Crippen LogP contribution < -0.4 is 10.2 Å². The number of nitrogens with one attached hydrogen (secondary N) is 1. The minimum atomic E-state index is -0.364. The van der Waals surface area contributed by atoms with Crippen molar-refractivity contribution in [2.75, 3.05) is 36.5 Å². The van der Waals surface area contributed by atoms with E-state index in [4.69, 9.17) is 4.74 Å². The number of ether oxygens (including phenoxy) is 1. The van der Waals surface area contributed by atoms with Crippen molar-refractivity contribution in [2.24, 2.45) is 0 Å². The van der Waals surface area contributed by atoms with Gasteiger partial charge in [0.25, 0.3) is 0 Å². The van der Waals surface area contributed by atoms with E-state index < -0.39 is 0 Å². The van der Waals surface area contributed by atoms with Crippen LogP contribution in [-0.4, -0.2) is 42.3 Å². The van der Waals surface area contributed by atoms with Crippen LogP contribution in [0.1, 0.15) is 26.7 Å². The van der Waals surface area contributed by atoms with Crippen LogP contribution >= 0.6 is 0 Å². The van der Waals surface area contributed by atoms with Crippen molar-refractivity contribution >= 4 is 11.8 Å². The van der Waals surface area contributed by atoms with Gasteiger partial charge in [-0.3, -0.25) is 0 Å². The SMILES string of the molecule is CCNc1ncc(F)c(N2CCC(OCC)CC2)n1. The van der Waals surface area contributed by atoms with E-state index in [1.165, 1.54) is 6.20 Å². The summed E-state index contributed by atoms with van der Waals surface area (Å²) >= 11 is 0. The molecule has 5 nitrogen and oxygen atoms in total. The zero-order valence-corrected chi connectivity index (χ0v) is 11.5. The summed E-state index contributed by atoms with van der Waals surface area (Å²) in [6.07, 6.45) is 3.34. The molecule has 1 aromatic heterocycles. The van der Waals surface area contributed by atoms with Crippen LogP contribution in [0.15, 0.2) is 6.20 Å². The molecule has 1 saturated heterocycles. The highest BCUT2D eigenvalue weighted by Gasteiger charge is 2.22. The highest BCUT2D eigenvalue weighted by atomic mass is 19.1. The largest absolute Gasteiger partial charge is 0.378 e. The molecule has 0 aromatic carbocycles. The molecule has 2 rings (SSSR count). The molecular formula is C13H21FN4O. The molecule has 19 heavy (non-hydrogen) atoms. The lowest BCUT2D eigenvalue weighted by Crippen LogP contribution is -2.38. The summed E-state index contributed by atoms with van der Waals surface area (Å²) in [6.45, 7) is 6.95. The van der Waals surface area contributed by atoms with Gasteiger partial charge in [-0.05, 0) is 26.7 Å². The molecule has 1 aliphatic rings. The fourth-order valence-corrected chi connectivity index (χ4v) is 2.29. The average Bonchev–Trinajstić information content (AvgIpc) is 2.43. The fraction of sp³-hybridized carbons (Fsp3) is 0.692. The van der Waals surface area contributed by atoms with Crippen molar-refractivity contribution in [3.05, 3.63) is 12.0 Å². The molecule has 2 heterocycles. The monoisotopic (exact) mass is 268 g/mol. The smallest absolute Gasteiger partial charge is 0.224 e. The third-order valence-corrected chi connectivity index (χ3v) is 3.20. The van der Waals surface area contributed by atoms with Gasteiger partial charge in [-0.15, -0.1) is 0 Å². The molecule has 0 unspecified atom stereocenters. The van der Waals surface area contributed by atoms with E-state index in [9.17, 15) is 4.39 Å². The predicted octanol–water partition coefficient (Wildman–Crippen LogP) is 2.05. The first-order valence-electron chi connectivity index (χ1n) is 6.87. The molecule has 0 aliphatic carbocycles. The topological polar surface area (TPSA) is 50.3 Å². The van der Waals surface area contributed by atoms with E-state index >= 15 is 0 Å². The summed E-state index contributed by atoms with van der Waals surface area (Å²) < 4.78 is 19.4. The number of hydrogen-bond donors (Lipinski definition) is 1. The van der Waals surface area contributed by atoms with Gasteiger partial charge < -0.3 is 15.0 Å². The van der Waals surface area contributed by atoms with E-state index in [1.54, 1.807) is 0 Å². The van der Waals surface area contributed by atoms with Crippen molar-refractivity contribution in [2.45, 2.75) is 32.8 Å². The maximum absolute atomic E-state index is 13.8. The Kier molecular flexibility index (Phi) is 4.90. The fourth-order valence-electron chi connectivity index (χ4n) is 2.29. The predicted molar refractivity (Wildman–Crippen MR) is 73.0 cm³/mol. The van der Waals surface area contributed by atoms with Crippen molar-refractivity contribution in [3.63, 3.8) is 0 Å². The number of rotatable bonds is 5. The lowest BCUT2D eigenvalue weighted by atomic mass is 10.1. The van der Waals surface area contributed by atoms with Gasteiger partial charge in [-0.25, -0.2) is 9.37 Å². The first-order chi connectivity index (χ1) is 9.24. The minimum Gasteiger partial charge on any atom is -0.378 e. The summed E-state index contributed by atoms with van der Waals surface area (Å²) in [4.78, 5) is 10.1. The number of hydrogen-bond acceptors (Lipinski definition) is 5. The van der Waals surface area contributed by atoms with Crippen LogP contribution in [0.5, 0.6) is 0 Å². The van der Waals surface area contributed by atoms with Crippen LogP contribution in [0.2, 0.25) is 0 Å². The maximum atomic E-state index is 13.8. The third-order valence-electron chi connectivity index (χ3n) is 3.20. The summed E-state index contributed by atoms with van der Waals surface area (Å²) in [5.74, 6) is 0.503. The molecule has 6 heteroatoms. The van der Waals surface area contributed by atoms with Gasteiger partial charge in [0.1, 0.15) is 0 Å². The molecule has 0 radical (unpaired) electrons. The highest BCUT2D eigenvalue weighted by Crippen LogP contribution is 2.22. The molecule has 0 atom stereocenters. The van der Waals surface area contributed by atoms with Crippen LogP contribution in [-0.2, 0) is 4.74 Å². The summed E-state index contributed by atoms with van der Waals surface area (Å²) in [7, 11) is 0. The Hall–Kier alpha value is -1.43. The molecule has 1 aliphatic heterocycles. The molecule has 0 bridgehead atoms. The number of nitrogens with zero attached hydrogens (tertiary/aromatic N) is 3. The molecule has 0 spiro atoms. The second-order valence-corrected chi connectivity index (χ2v) is 4.54. The lowest BCUT2D eigenvalue weighted by molar-refractivity contribution is 0.0457. The molecular weight excluding hydrogens is 247 g/mol. The molecule has 1 fully saturated rings. The first-order valence-corrected chi connectivity index (χ1v) is 6.87. The van der Waals surface area contributed by atoms with E-state index in [0.29, 0.717) is 17.9 Å². The highest BCUT2D eigenvalue weighted by molar-refractivity contribution is 5.44. The normalized spacial score (nSPS) is 16.7. The number of anilines is 2. The molecule has 1 aromatic rings. The zero-order chi connectivity index (χ0) is 13.7. The molecule has 106 valence electrons. The Balaban J connectivity index is 2.03. The van der Waals surface area contributed by atoms with Crippen LogP contribution in [0.4, 0.5) is 16.2 Å². The summed E-state index contributed by atoms with van der Waals surface area (Å²) in [6, 6.07) is 0. The van der Waals surface area contributed by atoms with Crippen LogP contribution in [0.25, 0.3) is 0 Å². The summed E-state index contributed by atoms with van der Waals surface area (Å²) in [5.41, 5.74) is 0. The molecule has 0 saturated carbocycles. The average molecular weight is 268 g/mol. The maximum Gasteiger partial charge on any atom is 0.224 e. The van der Waals surface area contributed by atoms with Gasteiger partial charge in [0.05, 0.1) is 12.3 Å². The Morgan fingerprint density at radius 1 is 1.42 bits per heavy atom. The van der Waals surface area contributed by atoms with Gasteiger partial charge in [0.2, 0.25) is 5.95 Å². The van der Waals surface area contributed by atoms with E-state index in [0.717, 1.165) is 39.1 Å². The second kappa shape index (κ2) is 6.65. The molecule has 1 N–H and O–H groups in total. The van der Waals surface area contributed by atoms with Gasteiger partial charge in [0.15, 0.2) is 11.6 Å². The standard InChI is InChI=1S/C13H21FN4O/c1-3-15-13-16-9-11(14)12(17-13)18-7-5-10(6-8-18)19-4-2/h9-10H,3-8H2,1-2H3,(H,15,16,17). The Morgan fingerprint density at radius 2 is 2.16 bits per heavy atom. The van der Waals surface area contributed by atoms with Crippen molar-refractivity contribution in [1.29, 1.82) is 0 Å². The number of aromatic nitrogens is 2. The number of halogens is 1. The zero-order valence-electron chi connectivity index (χ0n) is 11.5. The Bertz CT molecular complexity index is 408. The third kappa shape index (κ3) is 3.53. The second-order valence-electron chi connectivity index (χ2n) is 4.54. The Labute approximate surface area is 113 Å². The van der Waals surface area contributed by atoms with E-state index in [2.05, 4.69) is 15.3 Å². The minimum absolute atomic E-state index is 0.291. The van der Waals surface area contributed by atoms with Gasteiger partial charge in [0, 0.05) is 26.2 Å². The molecule has 0 amide bonds. The van der Waals surface area contributed by atoms with Crippen LogP contribution in [0.3, 0.4) is 0 Å².